The van der Waals surface area contributed by atoms with Crippen molar-refractivity contribution < 1.29 is 9.90 Å². The summed E-state index contributed by atoms with van der Waals surface area (Å²) in [6.45, 7) is 2.20. The van der Waals surface area contributed by atoms with Gasteiger partial charge in [-0.1, -0.05) is 45.4 Å². The standard InChI is InChI=1S/C11H21O2/c1-2-3-4-5-6-7-8-11(13)9-10-12/h11,13H,2-9H2,1H3. The number of hydrogen-bond acceptors (Lipinski definition) is 2. The summed E-state index contributed by atoms with van der Waals surface area (Å²) in [5, 5.41) is 9.19. The maximum atomic E-state index is 9.90. The van der Waals surface area contributed by atoms with Gasteiger partial charge in [-0.05, 0) is 6.42 Å². The molecule has 1 unspecified atom stereocenters. The summed E-state index contributed by atoms with van der Waals surface area (Å²) in [5.74, 6) is 0. The Bertz CT molecular complexity index is 113. The second-order valence-electron chi connectivity index (χ2n) is 3.56. The fourth-order valence-corrected chi connectivity index (χ4v) is 1.36. The van der Waals surface area contributed by atoms with Crippen LogP contribution in [0.25, 0.3) is 0 Å². The van der Waals surface area contributed by atoms with Crippen molar-refractivity contribution in [2.75, 3.05) is 0 Å². The molecule has 0 fully saturated rings. The molecule has 0 aromatic rings. The molecule has 1 atom stereocenters. The van der Waals surface area contributed by atoms with Gasteiger partial charge >= 0.3 is 0 Å². The van der Waals surface area contributed by atoms with Crippen molar-refractivity contribution in [1.29, 1.82) is 0 Å². The van der Waals surface area contributed by atoms with Crippen molar-refractivity contribution in [2.45, 2.75) is 64.4 Å². The highest BCUT2D eigenvalue weighted by Gasteiger charge is 2.02. The van der Waals surface area contributed by atoms with Gasteiger partial charge in [0.25, 0.3) is 0 Å². The lowest BCUT2D eigenvalue weighted by atomic mass is 10.1. The molecule has 2 heteroatoms. The molecule has 0 aliphatic heterocycles. The lowest BCUT2D eigenvalue weighted by Crippen LogP contribution is -2.06. The largest absolute Gasteiger partial charge is 0.393 e. The highest BCUT2D eigenvalue weighted by molar-refractivity contribution is 5.51. The first-order valence-corrected chi connectivity index (χ1v) is 5.34. The van der Waals surface area contributed by atoms with E-state index in [1.807, 2.05) is 0 Å². The Morgan fingerprint density at radius 1 is 1.15 bits per heavy atom. The summed E-state index contributed by atoms with van der Waals surface area (Å²) in [5.41, 5.74) is 0. The van der Waals surface area contributed by atoms with E-state index >= 15 is 0 Å². The van der Waals surface area contributed by atoms with Gasteiger partial charge in [-0.15, -0.1) is 0 Å². The Morgan fingerprint density at radius 2 is 1.77 bits per heavy atom. The molecule has 77 valence electrons. The van der Waals surface area contributed by atoms with Crippen LogP contribution in [0.4, 0.5) is 0 Å². The highest BCUT2D eigenvalue weighted by Crippen LogP contribution is 2.09. The van der Waals surface area contributed by atoms with Crippen LogP contribution in [0, 0.1) is 0 Å². The fraction of sp³-hybridized carbons (Fsp3) is 0.909. The SMILES string of the molecule is CCCCCCCCC(O)C[C]=O. The Morgan fingerprint density at radius 3 is 2.38 bits per heavy atom. The Hall–Kier alpha value is -0.370. The van der Waals surface area contributed by atoms with Crippen molar-refractivity contribution in [3.8, 4) is 0 Å². The molecule has 1 radical (unpaired) electrons. The van der Waals surface area contributed by atoms with Crippen LogP contribution in [-0.4, -0.2) is 17.5 Å². The first-order chi connectivity index (χ1) is 6.31. The summed E-state index contributed by atoms with van der Waals surface area (Å²) in [6, 6.07) is 0. The van der Waals surface area contributed by atoms with Gasteiger partial charge in [-0.2, -0.15) is 0 Å². The molecule has 0 aliphatic rings. The predicted octanol–water partition coefficient (Wildman–Crippen LogP) is 2.60. The van der Waals surface area contributed by atoms with Crippen LogP contribution in [0.5, 0.6) is 0 Å². The normalized spacial score (nSPS) is 12.8. The van der Waals surface area contributed by atoms with Gasteiger partial charge in [-0.3, -0.25) is 4.79 Å². The summed E-state index contributed by atoms with van der Waals surface area (Å²) in [6.07, 6.45) is 9.54. The van der Waals surface area contributed by atoms with Gasteiger partial charge in [0.05, 0.1) is 6.10 Å². The molecular weight excluding hydrogens is 164 g/mol. The second-order valence-corrected chi connectivity index (χ2v) is 3.56. The monoisotopic (exact) mass is 185 g/mol. The first kappa shape index (κ1) is 12.6. The molecule has 0 rings (SSSR count). The van der Waals surface area contributed by atoms with Crippen molar-refractivity contribution in [3.63, 3.8) is 0 Å². The number of carbonyl (C=O) groups excluding carboxylic acids is 1. The Kier molecular flexibility index (Phi) is 9.44. The third kappa shape index (κ3) is 9.54. The Balaban J connectivity index is 3.01. The molecule has 1 N–H and O–H groups in total. The number of rotatable bonds is 9. The van der Waals surface area contributed by atoms with Gasteiger partial charge in [0.2, 0.25) is 6.29 Å². The van der Waals surface area contributed by atoms with Crippen LogP contribution >= 0.6 is 0 Å². The number of aliphatic hydroxyl groups is 1. The van der Waals surface area contributed by atoms with E-state index in [0.29, 0.717) is 0 Å². The van der Waals surface area contributed by atoms with E-state index in [1.54, 1.807) is 6.29 Å². The molecule has 0 bridgehead atoms. The van der Waals surface area contributed by atoms with Crippen LogP contribution in [0.3, 0.4) is 0 Å². The molecule has 0 aliphatic carbocycles. The number of aliphatic hydroxyl groups excluding tert-OH is 1. The predicted molar refractivity (Wildman–Crippen MR) is 54.3 cm³/mol. The zero-order valence-corrected chi connectivity index (χ0v) is 8.59. The topological polar surface area (TPSA) is 37.3 Å². The van der Waals surface area contributed by atoms with Gasteiger partial charge < -0.3 is 5.11 Å². The van der Waals surface area contributed by atoms with E-state index in [-0.39, 0.29) is 6.42 Å². The summed E-state index contributed by atoms with van der Waals surface area (Å²) in [7, 11) is 0. The molecule has 0 aromatic carbocycles. The maximum Gasteiger partial charge on any atom is 0.201 e. The molecular formula is C11H21O2. The molecule has 0 spiro atoms. The quantitative estimate of drug-likeness (QED) is 0.561. The van der Waals surface area contributed by atoms with E-state index in [4.69, 9.17) is 0 Å². The van der Waals surface area contributed by atoms with Crippen LogP contribution in [-0.2, 0) is 4.79 Å². The number of hydrogen-bond donors (Lipinski definition) is 1. The van der Waals surface area contributed by atoms with E-state index in [1.165, 1.54) is 32.1 Å². The smallest absolute Gasteiger partial charge is 0.201 e. The zero-order chi connectivity index (χ0) is 9.94. The molecule has 0 aromatic heterocycles. The molecule has 2 nitrogen and oxygen atoms in total. The average molecular weight is 185 g/mol. The van der Waals surface area contributed by atoms with Crippen molar-refractivity contribution in [2.24, 2.45) is 0 Å². The lowest BCUT2D eigenvalue weighted by Gasteiger charge is -2.05. The second kappa shape index (κ2) is 9.72. The molecule has 0 saturated carbocycles. The van der Waals surface area contributed by atoms with Crippen LogP contribution in [0.1, 0.15) is 58.3 Å². The third-order valence-corrected chi connectivity index (χ3v) is 2.21. The van der Waals surface area contributed by atoms with Gasteiger partial charge in [0, 0.05) is 6.42 Å². The average Bonchev–Trinajstić information content (AvgIpc) is 2.11. The lowest BCUT2D eigenvalue weighted by molar-refractivity contribution is 0.167. The van der Waals surface area contributed by atoms with Gasteiger partial charge in [-0.25, -0.2) is 0 Å². The van der Waals surface area contributed by atoms with Crippen molar-refractivity contribution in [3.05, 3.63) is 0 Å². The third-order valence-electron chi connectivity index (χ3n) is 2.21. The van der Waals surface area contributed by atoms with Crippen LogP contribution in [0.2, 0.25) is 0 Å². The minimum absolute atomic E-state index is 0.176. The van der Waals surface area contributed by atoms with E-state index in [0.717, 1.165) is 12.8 Å². The minimum Gasteiger partial charge on any atom is -0.393 e. The maximum absolute atomic E-state index is 9.90. The van der Waals surface area contributed by atoms with Crippen molar-refractivity contribution in [1.82, 2.24) is 0 Å². The van der Waals surface area contributed by atoms with Crippen LogP contribution < -0.4 is 0 Å². The summed E-state index contributed by atoms with van der Waals surface area (Å²) in [4.78, 5) is 9.90. The summed E-state index contributed by atoms with van der Waals surface area (Å²) < 4.78 is 0. The molecule has 0 amide bonds. The van der Waals surface area contributed by atoms with E-state index < -0.39 is 6.10 Å². The number of unbranched alkanes of at least 4 members (excludes halogenated alkanes) is 5. The molecule has 13 heavy (non-hydrogen) atoms. The molecule has 0 heterocycles. The highest BCUT2D eigenvalue weighted by atomic mass is 16.3. The van der Waals surface area contributed by atoms with Crippen molar-refractivity contribution >= 4 is 6.29 Å². The van der Waals surface area contributed by atoms with E-state index in [9.17, 15) is 9.90 Å². The fourth-order valence-electron chi connectivity index (χ4n) is 1.36. The van der Waals surface area contributed by atoms with Crippen LogP contribution in [0.15, 0.2) is 0 Å². The van der Waals surface area contributed by atoms with Gasteiger partial charge in [0.1, 0.15) is 0 Å². The minimum atomic E-state index is -0.455. The van der Waals surface area contributed by atoms with E-state index in [2.05, 4.69) is 6.92 Å². The zero-order valence-electron chi connectivity index (χ0n) is 8.59. The van der Waals surface area contributed by atoms with Gasteiger partial charge in [0.15, 0.2) is 0 Å². The molecule has 0 saturated heterocycles. The first-order valence-electron chi connectivity index (χ1n) is 5.34. The Labute approximate surface area is 81.3 Å². The summed E-state index contributed by atoms with van der Waals surface area (Å²) >= 11 is 0.